The number of carbonyl (C=O) groups is 1. The molecule has 1 N–H and O–H groups in total. The number of aliphatic carboxylic acids is 1. The molecule has 3 aromatic rings. The summed E-state index contributed by atoms with van der Waals surface area (Å²) in [4.78, 5) is 17.1. The molecule has 0 spiro atoms. The lowest BCUT2D eigenvalue weighted by atomic mass is 9.99. The van der Waals surface area contributed by atoms with Gasteiger partial charge in [-0.05, 0) is 18.6 Å². The van der Waals surface area contributed by atoms with E-state index in [4.69, 9.17) is 14.4 Å². The van der Waals surface area contributed by atoms with Crippen molar-refractivity contribution < 1.29 is 40.8 Å². The number of benzene rings is 1. The second-order valence-corrected chi connectivity index (χ2v) is 5.93. The van der Waals surface area contributed by atoms with Crippen LogP contribution in [-0.4, -0.2) is 36.9 Å². The summed E-state index contributed by atoms with van der Waals surface area (Å²) < 4.78 is 77.1. The molecule has 0 aliphatic rings. The van der Waals surface area contributed by atoms with Crippen LogP contribution in [-0.2, 0) is 17.5 Å². The Morgan fingerprint density at radius 2 is 1.90 bits per heavy atom. The van der Waals surface area contributed by atoms with Crippen molar-refractivity contribution in [2.45, 2.75) is 31.7 Å². The van der Waals surface area contributed by atoms with E-state index in [1.54, 1.807) is 36.3 Å². The third kappa shape index (κ3) is 6.32. The lowest BCUT2D eigenvalue weighted by molar-refractivity contribution is -0.192. The van der Waals surface area contributed by atoms with Crippen LogP contribution in [0.2, 0.25) is 0 Å². The van der Waals surface area contributed by atoms with E-state index in [-0.39, 0.29) is 5.89 Å². The first-order valence-electron chi connectivity index (χ1n) is 8.13. The Morgan fingerprint density at radius 1 is 1.23 bits per heavy atom. The van der Waals surface area contributed by atoms with Gasteiger partial charge in [-0.15, -0.1) is 0 Å². The molecule has 1 aromatic carbocycles. The number of rotatable bonds is 4. The van der Waals surface area contributed by atoms with Gasteiger partial charge in [-0.25, -0.2) is 9.78 Å². The molecule has 0 aliphatic carbocycles. The molecule has 162 valence electrons. The Hall–Kier alpha value is -3.38. The van der Waals surface area contributed by atoms with E-state index >= 15 is 0 Å². The minimum absolute atomic E-state index is 0.277. The quantitative estimate of drug-likeness (QED) is 0.619. The Bertz CT molecular complexity index is 967. The summed E-state index contributed by atoms with van der Waals surface area (Å²) in [7, 11) is 0. The zero-order valence-corrected chi connectivity index (χ0v) is 15.1. The molecule has 1 atom stereocenters. The molecule has 0 bridgehead atoms. The topological polar surface area (TPSA) is 94.0 Å². The maximum absolute atomic E-state index is 12.8. The highest BCUT2D eigenvalue weighted by Crippen LogP contribution is 2.32. The molecule has 0 saturated carbocycles. The summed E-state index contributed by atoms with van der Waals surface area (Å²) >= 11 is 0. The smallest absolute Gasteiger partial charge is 0.475 e. The molecule has 7 nitrogen and oxygen atoms in total. The second kappa shape index (κ2) is 8.97. The Labute approximate surface area is 165 Å². The Kier molecular flexibility index (Phi) is 6.84. The average Bonchev–Trinajstić information content (AvgIpc) is 3.33. The highest BCUT2D eigenvalue weighted by molar-refractivity contribution is 5.73. The third-order valence-corrected chi connectivity index (χ3v) is 3.69. The maximum Gasteiger partial charge on any atom is 0.490 e. The van der Waals surface area contributed by atoms with E-state index in [0.717, 1.165) is 12.1 Å². The van der Waals surface area contributed by atoms with Crippen LogP contribution in [0.25, 0.3) is 0 Å². The highest BCUT2D eigenvalue weighted by Gasteiger charge is 2.38. The van der Waals surface area contributed by atoms with Crippen molar-refractivity contribution in [3.8, 4) is 0 Å². The largest absolute Gasteiger partial charge is 0.490 e. The number of alkyl halides is 6. The molecule has 0 fully saturated rings. The molecule has 0 radical (unpaired) electrons. The summed E-state index contributed by atoms with van der Waals surface area (Å²) in [5, 5.41) is 11.0. The molecular weight excluding hydrogens is 422 g/mol. The van der Waals surface area contributed by atoms with E-state index in [1.807, 2.05) is 0 Å². The van der Waals surface area contributed by atoms with E-state index in [9.17, 15) is 26.3 Å². The fourth-order valence-corrected chi connectivity index (χ4v) is 2.18. The van der Waals surface area contributed by atoms with Gasteiger partial charge in [0, 0.05) is 12.4 Å². The Morgan fingerprint density at radius 3 is 2.43 bits per heavy atom. The minimum atomic E-state index is -5.08. The fourth-order valence-electron chi connectivity index (χ4n) is 2.18. The van der Waals surface area contributed by atoms with Gasteiger partial charge in [0.2, 0.25) is 5.89 Å². The molecule has 30 heavy (non-hydrogen) atoms. The van der Waals surface area contributed by atoms with E-state index in [0.29, 0.717) is 17.9 Å². The minimum Gasteiger partial charge on any atom is -0.475 e. The van der Waals surface area contributed by atoms with E-state index in [2.05, 4.69) is 15.1 Å². The van der Waals surface area contributed by atoms with Crippen LogP contribution in [0.1, 0.15) is 35.7 Å². The summed E-state index contributed by atoms with van der Waals surface area (Å²) in [6, 6.07) is 5.12. The van der Waals surface area contributed by atoms with Gasteiger partial charge in [0.15, 0.2) is 5.82 Å². The van der Waals surface area contributed by atoms with Crippen molar-refractivity contribution in [2.75, 3.05) is 0 Å². The normalized spacial score (nSPS) is 12.8. The van der Waals surface area contributed by atoms with Gasteiger partial charge < -0.3 is 14.2 Å². The predicted octanol–water partition coefficient (Wildman–Crippen LogP) is 4.12. The van der Waals surface area contributed by atoms with Crippen molar-refractivity contribution >= 4 is 5.97 Å². The van der Waals surface area contributed by atoms with Crippen LogP contribution in [0.3, 0.4) is 0 Å². The van der Waals surface area contributed by atoms with E-state index < -0.39 is 29.8 Å². The van der Waals surface area contributed by atoms with Gasteiger partial charge >= 0.3 is 18.3 Å². The fraction of sp³-hybridized carbons (Fsp3) is 0.294. The molecule has 0 saturated heterocycles. The lowest BCUT2D eigenvalue weighted by Gasteiger charge is -2.11. The molecular formula is C17H14F6N4O3. The first kappa shape index (κ1) is 22.9. The second-order valence-electron chi connectivity index (χ2n) is 5.93. The summed E-state index contributed by atoms with van der Waals surface area (Å²) in [5.41, 5.74) is -0.224. The Balaban J connectivity index is 0.000000396. The highest BCUT2D eigenvalue weighted by atomic mass is 19.4. The van der Waals surface area contributed by atoms with Crippen LogP contribution < -0.4 is 0 Å². The van der Waals surface area contributed by atoms with E-state index in [1.165, 1.54) is 6.07 Å². The average molecular weight is 436 g/mol. The monoisotopic (exact) mass is 436 g/mol. The first-order chi connectivity index (χ1) is 13.9. The number of halogens is 6. The maximum atomic E-state index is 12.8. The molecule has 1 unspecified atom stereocenters. The molecule has 0 amide bonds. The number of aromatic nitrogens is 4. The molecule has 2 heterocycles. The third-order valence-electron chi connectivity index (χ3n) is 3.69. The standard InChI is InChI=1S/C15H13F3N4O.C2HF3O2/c1-10(11-3-2-4-12(7-11)15(16,17)18)14-20-13(21-23-14)8-22-6-5-19-9-22;3-2(4,5)1(6)7/h2-7,9-10H,8H2,1H3;(H,6,7). The molecule has 2 aromatic heterocycles. The van der Waals surface area contributed by atoms with Gasteiger partial charge in [-0.1, -0.05) is 23.4 Å². The van der Waals surface area contributed by atoms with Crippen LogP contribution in [0.15, 0.2) is 47.5 Å². The lowest BCUT2D eigenvalue weighted by Crippen LogP contribution is -2.21. The van der Waals surface area contributed by atoms with Crippen LogP contribution in [0.4, 0.5) is 26.3 Å². The van der Waals surface area contributed by atoms with Crippen LogP contribution >= 0.6 is 0 Å². The zero-order valence-electron chi connectivity index (χ0n) is 15.1. The molecule has 0 aliphatic heterocycles. The van der Waals surface area contributed by atoms with Crippen LogP contribution in [0, 0.1) is 0 Å². The van der Waals surface area contributed by atoms with Gasteiger partial charge in [-0.2, -0.15) is 31.3 Å². The number of carboxylic acids is 1. The number of imidazole rings is 1. The number of hydrogen-bond acceptors (Lipinski definition) is 5. The number of hydrogen-bond donors (Lipinski definition) is 1. The van der Waals surface area contributed by atoms with Crippen LogP contribution in [0.5, 0.6) is 0 Å². The van der Waals surface area contributed by atoms with Gasteiger partial charge in [0.1, 0.15) is 0 Å². The van der Waals surface area contributed by atoms with Crippen molar-refractivity contribution in [1.29, 1.82) is 0 Å². The van der Waals surface area contributed by atoms with Gasteiger partial charge in [-0.3, -0.25) is 0 Å². The molecule has 3 rings (SSSR count). The van der Waals surface area contributed by atoms with Crippen molar-refractivity contribution in [3.63, 3.8) is 0 Å². The molecule has 13 heteroatoms. The summed E-state index contributed by atoms with van der Waals surface area (Å²) in [6.07, 6.45) is -4.46. The van der Waals surface area contributed by atoms with Crippen molar-refractivity contribution in [1.82, 2.24) is 19.7 Å². The van der Waals surface area contributed by atoms with Crippen molar-refractivity contribution in [3.05, 3.63) is 65.8 Å². The predicted molar refractivity (Wildman–Crippen MR) is 88.3 cm³/mol. The first-order valence-corrected chi connectivity index (χ1v) is 8.13. The number of nitrogens with zero attached hydrogens (tertiary/aromatic N) is 4. The SMILES string of the molecule is CC(c1cccc(C(F)(F)F)c1)c1nc(Cn2ccnc2)no1.O=C(O)C(F)(F)F. The van der Waals surface area contributed by atoms with Gasteiger partial charge in [0.25, 0.3) is 0 Å². The van der Waals surface area contributed by atoms with Crippen molar-refractivity contribution in [2.24, 2.45) is 0 Å². The zero-order chi connectivity index (χ0) is 22.5. The van der Waals surface area contributed by atoms with Gasteiger partial charge in [0.05, 0.1) is 24.4 Å². The summed E-state index contributed by atoms with van der Waals surface area (Å²) in [5.74, 6) is -2.47. The number of carboxylic acid groups (broad SMARTS) is 1. The summed E-state index contributed by atoms with van der Waals surface area (Å²) in [6.45, 7) is 2.11.